The quantitative estimate of drug-likeness (QED) is 0.803. The molecule has 0 saturated carbocycles. The summed E-state index contributed by atoms with van der Waals surface area (Å²) in [6.07, 6.45) is 3.95. The average Bonchev–Trinajstić information content (AvgIpc) is 2.65. The lowest BCUT2D eigenvalue weighted by molar-refractivity contribution is 0.475. The van der Waals surface area contributed by atoms with Crippen molar-refractivity contribution in [3.05, 3.63) is 64.7 Å². The van der Waals surface area contributed by atoms with Crippen LogP contribution in [-0.2, 0) is 0 Å². The summed E-state index contributed by atoms with van der Waals surface area (Å²) in [5.41, 5.74) is 4.03. The molecule has 0 amide bonds. The predicted molar refractivity (Wildman–Crippen MR) is 108 cm³/mol. The summed E-state index contributed by atoms with van der Waals surface area (Å²) in [7, 11) is 2.05. The number of hydrogen-bond acceptors (Lipinski definition) is 3. The van der Waals surface area contributed by atoms with Gasteiger partial charge in [0.2, 0.25) is 0 Å². The van der Waals surface area contributed by atoms with E-state index in [1.54, 1.807) is 12.1 Å². The van der Waals surface area contributed by atoms with Crippen molar-refractivity contribution in [1.29, 1.82) is 0 Å². The van der Waals surface area contributed by atoms with E-state index in [1.807, 2.05) is 49.5 Å². The minimum Gasteiger partial charge on any atom is -0.508 e. The van der Waals surface area contributed by atoms with Crippen LogP contribution in [0, 0.1) is 0 Å². The van der Waals surface area contributed by atoms with Crippen LogP contribution in [0.3, 0.4) is 0 Å². The van der Waals surface area contributed by atoms with Gasteiger partial charge in [0.05, 0.1) is 12.3 Å². The zero-order valence-corrected chi connectivity index (χ0v) is 15.5. The molecule has 0 fully saturated rings. The molecule has 0 radical (unpaired) electrons. The Morgan fingerprint density at radius 3 is 2.67 bits per heavy atom. The molecule has 2 aromatic rings. The molecule has 1 heterocycles. The van der Waals surface area contributed by atoms with E-state index in [0.717, 1.165) is 40.6 Å². The molecule has 6 heteroatoms. The Morgan fingerprint density at radius 1 is 1.12 bits per heavy atom. The van der Waals surface area contributed by atoms with Gasteiger partial charge in [0, 0.05) is 29.9 Å². The van der Waals surface area contributed by atoms with Gasteiger partial charge in [0.15, 0.2) is 0 Å². The second-order valence-corrected chi connectivity index (χ2v) is 5.71. The molecule has 2 aromatic carbocycles. The number of rotatable bonds is 2. The minimum atomic E-state index is 0. The number of hydrogen-bond donors (Lipinski definition) is 1. The van der Waals surface area contributed by atoms with Gasteiger partial charge in [-0.15, -0.1) is 24.8 Å². The van der Waals surface area contributed by atoms with E-state index in [9.17, 15) is 5.11 Å². The first-order valence-electron chi connectivity index (χ1n) is 7.16. The third-order valence-electron chi connectivity index (χ3n) is 3.67. The number of allylic oxidation sites excluding steroid dienone is 1. The normalized spacial score (nSPS) is 13.4. The molecule has 0 aromatic heterocycles. The van der Waals surface area contributed by atoms with Gasteiger partial charge in [-0.05, 0) is 42.0 Å². The van der Waals surface area contributed by atoms with Crippen LogP contribution in [0.5, 0.6) is 5.75 Å². The molecule has 0 aliphatic carbocycles. The van der Waals surface area contributed by atoms with Crippen molar-refractivity contribution in [2.45, 2.75) is 0 Å². The fraction of sp³-hybridized carbons (Fsp3) is 0.167. The highest BCUT2D eigenvalue weighted by molar-refractivity contribution is 6.31. The number of aliphatic imine (C=N–C) groups is 1. The van der Waals surface area contributed by atoms with Crippen LogP contribution < -0.4 is 4.90 Å². The average molecular weight is 386 g/mol. The molecule has 1 N–H and O–H groups in total. The Balaban J connectivity index is 0.00000144. The molecule has 128 valence electrons. The number of benzodiazepines with no additional fused rings is 1. The van der Waals surface area contributed by atoms with Crippen LogP contribution in [0.2, 0.25) is 5.02 Å². The van der Waals surface area contributed by atoms with E-state index in [1.165, 1.54) is 0 Å². The van der Waals surface area contributed by atoms with Crippen molar-refractivity contribution in [1.82, 2.24) is 0 Å². The number of benzene rings is 2. The maximum atomic E-state index is 9.53. The van der Waals surface area contributed by atoms with E-state index >= 15 is 0 Å². The van der Waals surface area contributed by atoms with Crippen LogP contribution in [0.25, 0.3) is 6.08 Å². The molecule has 0 spiro atoms. The fourth-order valence-corrected chi connectivity index (χ4v) is 2.68. The molecule has 3 rings (SSSR count). The molecule has 0 atom stereocenters. The summed E-state index contributed by atoms with van der Waals surface area (Å²) >= 11 is 6.12. The summed E-state index contributed by atoms with van der Waals surface area (Å²) in [6, 6.07) is 13.0. The lowest BCUT2D eigenvalue weighted by Gasteiger charge is -2.19. The Hall–Kier alpha value is -1.68. The van der Waals surface area contributed by atoms with Crippen molar-refractivity contribution in [2.75, 3.05) is 25.0 Å². The fourth-order valence-electron chi connectivity index (χ4n) is 2.51. The Kier molecular flexibility index (Phi) is 7.61. The third kappa shape index (κ3) is 4.67. The maximum Gasteiger partial charge on any atom is 0.116 e. The summed E-state index contributed by atoms with van der Waals surface area (Å²) in [4.78, 5) is 6.83. The highest BCUT2D eigenvalue weighted by Gasteiger charge is 2.14. The number of fused-ring (bicyclic) bond motifs is 1. The molecule has 3 nitrogen and oxygen atoms in total. The lowest BCUT2D eigenvalue weighted by atomic mass is 10.1. The van der Waals surface area contributed by atoms with Gasteiger partial charge in [0.25, 0.3) is 0 Å². The summed E-state index contributed by atoms with van der Waals surface area (Å²) in [5, 5.41) is 10.3. The molecule has 1 aliphatic rings. The molecule has 0 unspecified atom stereocenters. The van der Waals surface area contributed by atoms with Crippen LogP contribution in [0.4, 0.5) is 5.69 Å². The zero-order chi connectivity index (χ0) is 15.5. The van der Waals surface area contributed by atoms with Gasteiger partial charge in [-0.25, -0.2) is 0 Å². The van der Waals surface area contributed by atoms with Gasteiger partial charge in [-0.2, -0.15) is 0 Å². The molecule has 1 aliphatic heterocycles. The molecule has 24 heavy (non-hydrogen) atoms. The van der Waals surface area contributed by atoms with Crippen molar-refractivity contribution in [3.8, 4) is 5.75 Å². The van der Waals surface area contributed by atoms with Crippen LogP contribution >= 0.6 is 36.4 Å². The van der Waals surface area contributed by atoms with Crippen molar-refractivity contribution < 1.29 is 5.11 Å². The number of halogens is 3. The van der Waals surface area contributed by atoms with E-state index < -0.39 is 0 Å². The number of anilines is 1. The molecule has 0 bridgehead atoms. The Morgan fingerprint density at radius 2 is 1.92 bits per heavy atom. The van der Waals surface area contributed by atoms with Gasteiger partial charge in [-0.3, -0.25) is 4.99 Å². The topological polar surface area (TPSA) is 35.8 Å². The monoisotopic (exact) mass is 384 g/mol. The number of phenolic OH excluding ortho intramolecular Hbond substituents is 1. The number of likely N-dealkylation sites (N-methyl/N-ethyl adjacent to an activating group) is 1. The number of nitrogens with zero attached hydrogens (tertiary/aromatic N) is 2. The van der Waals surface area contributed by atoms with Crippen LogP contribution in [0.1, 0.15) is 11.1 Å². The van der Waals surface area contributed by atoms with Gasteiger partial charge >= 0.3 is 0 Å². The number of phenols is 1. The van der Waals surface area contributed by atoms with Gasteiger partial charge < -0.3 is 10.0 Å². The first-order valence-corrected chi connectivity index (χ1v) is 7.54. The molecule has 0 saturated heterocycles. The number of aromatic hydroxyl groups is 1. The van der Waals surface area contributed by atoms with Gasteiger partial charge in [-0.1, -0.05) is 29.8 Å². The first kappa shape index (κ1) is 20.4. The van der Waals surface area contributed by atoms with E-state index in [2.05, 4.69) is 9.89 Å². The molecular formula is C18H19Cl3N2O. The van der Waals surface area contributed by atoms with Crippen molar-refractivity contribution in [2.24, 2.45) is 4.99 Å². The zero-order valence-electron chi connectivity index (χ0n) is 13.1. The van der Waals surface area contributed by atoms with E-state index in [4.69, 9.17) is 11.6 Å². The SMILES string of the molecule is CN1CCN=C(/C=C/c2cccc(O)c2)c2ccc(Cl)cc21.Cl.Cl. The standard InChI is InChI=1S/C18H17ClN2O.2ClH/c1-21-10-9-20-17(16-7-6-14(19)12-18(16)21)8-5-13-3-2-4-15(22)11-13;;/h2-8,11-12,22H,9-10H2,1H3;2*1H/b8-5+;;. The summed E-state index contributed by atoms with van der Waals surface area (Å²) in [6.45, 7) is 1.60. The maximum absolute atomic E-state index is 9.53. The summed E-state index contributed by atoms with van der Waals surface area (Å²) in [5.74, 6) is 0.261. The second-order valence-electron chi connectivity index (χ2n) is 5.28. The Bertz CT molecular complexity index is 760. The van der Waals surface area contributed by atoms with Gasteiger partial charge in [0.1, 0.15) is 5.75 Å². The second kappa shape index (κ2) is 8.97. The lowest BCUT2D eigenvalue weighted by Crippen LogP contribution is -2.20. The summed E-state index contributed by atoms with van der Waals surface area (Å²) < 4.78 is 0. The minimum absolute atomic E-state index is 0. The predicted octanol–water partition coefficient (Wildman–Crippen LogP) is 4.84. The smallest absolute Gasteiger partial charge is 0.116 e. The molecular weight excluding hydrogens is 367 g/mol. The highest BCUT2D eigenvalue weighted by atomic mass is 35.5. The van der Waals surface area contributed by atoms with Crippen LogP contribution in [0.15, 0.2) is 53.5 Å². The highest BCUT2D eigenvalue weighted by Crippen LogP contribution is 2.27. The van der Waals surface area contributed by atoms with E-state index in [-0.39, 0.29) is 30.6 Å². The van der Waals surface area contributed by atoms with E-state index in [0.29, 0.717) is 0 Å². The third-order valence-corrected chi connectivity index (χ3v) is 3.90. The van der Waals surface area contributed by atoms with Crippen LogP contribution in [-0.4, -0.2) is 31.0 Å². The van der Waals surface area contributed by atoms with Crippen molar-refractivity contribution in [3.63, 3.8) is 0 Å². The van der Waals surface area contributed by atoms with Crippen molar-refractivity contribution >= 4 is 53.9 Å². The first-order chi connectivity index (χ1) is 10.6. The Labute approximate surface area is 159 Å². The largest absolute Gasteiger partial charge is 0.508 e.